The number of halogens is 1. The lowest BCUT2D eigenvalue weighted by Crippen LogP contribution is -3.28. The smallest absolute Gasteiger partial charge is 0.279 e. The number of anilines is 1. The van der Waals surface area contributed by atoms with Crippen molar-refractivity contribution in [3.05, 3.63) is 71.4 Å². The molecule has 1 saturated heterocycles. The number of piperazine rings is 1. The fraction of sp³-hybridized carbons (Fsp3) is 0.273. The van der Waals surface area contributed by atoms with Crippen molar-refractivity contribution in [2.24, 2.45) is 0 Å². The summed E-state index contributed by atoms with van der Waals surface area (Å²) in [5.74, 6) is 0.807. The molecule has 2 heterocycles. The molecule has 1 amide bonds. The number of hydrogen-bond donors (Lipinski definition) is 3. The Morgan fingerprint density at radius 2 is 1.69 bits per heavy atom. The summed E-state index contributed by atoms with van der Waals surface area (Å²) in [7, 11) is 0. The molecule has 150 valence electrons. The fourth-order valence-electron chi connectivity index (χ4n) is 3.68. The van der Waals surface area contributed by atoms with Crippen LogP contribution in [0.3, 0.4) is 0 Å². The van der Waals surface area contributed by atoms with E-state index < -0.39 is 0 Å². The second-order valence-electron chi connectivity index (χ2n) is 7.43. The van der Waals surface area contributed by atoms with Gasteiger partial charge in [0.25, 0.3) is 5.91 Å². The van der Waals surface area contributed by atoms with Crippen molar-refractivity contribution in [2.75, 3.05) is 38.0 Å². The van der Waals surface area contributed by atoms with Gasteiger partial charge in [-0.3, -0.25) is 4.79 Å². The van der Waals surface area contributed by atoms with Crippen LogP contribution in [0.25, 0.3) is 11.3 Å². The summed E-state index contributed by atoms with van der Waals surface area (Å²) in [6, 6.07) is 19.4. The molecule has 0 unspecified atom stereocenters. The van der Waals surface area contributed by atoms with E-state index >= 15 is 0 Å². The van der Waals surface area contributed by atoms with Crippen LogP contribution >= 0.6 is 11.6 Å². The lowest BCUT2D eigenvalue weighted by atomic mass is 10.1. The van der Waals surface area contributed by atoms with Crippen LogP contribution in [0.1, 0.15) is 5.69 Å². The van der Waals surface area contributed by atoms with Gasteiger partial charge < -0.3 is 19.6 Å². The Morgan fingerprint density at radius 1 is 1.00 bits per heavy atom. The SMILES string of the molecule is O=C(C[NH+]1CC[NH+](Cc2cc(-c3ccccc3)on2)CC1)Nc1ccccc1Cl. The minimum atomic E-state index is 0.000513. The van der Waals surface area contributed by atoms with Crippen molar-refractivity contribution in [3.8, 4) is 11.3 Å². The van der Waals surface area contributed by atoms with Crippen molar-refractivity contribution in [1.82, 2.24) is 5.16 Å². The first kappa shape index (κ1) is 19.6. The summed E-state index contributed by atoms with van der Waals surface area (Å²) < 4.78 is 5.50. The second-order valence-corrected chi connectivity index (χ2v) is 7.84. The van der Waals surface area contributed by atoms with Gasteiger partial charge in [0.05, 0.1) is 10.7 Å². The lowest BCUT2D eigenvalue weighted by Gasteiger charge is -2.28. The summed E-state index contributed by atoms with van der Waals surface area (Å²) >= 11 is 6.11. The van der Waals surface area contributed by atoms with Crippen molar-refractivity contribution in [1.29, 1.82) is 0 Å². The minimum absolute atomic E-state index is 0.000513. The van der Waals surface area contributed by atoms with Gasteiger partial charge in [-0.05, 0) is 12.1 Å². The van der Waals surface area contributed by atoms with Crippen molar-refractivity contribution < 1.29 is 19.1 Å². The highest BCUT2D eigenvalue weighted by Gasteiger charge is 2.26. The van der Waals surface area contributed by atoms with Gasteiger partial charge in [0.15, 0.2) is 12.3 Å². The van der Waals surface area contributed by atoms with Crippen LogP contribution in [0.2, 0.25) is 5.02 Å². The van der Waals surface area contributed by atoms with Crippen LogP contribution in [-0.4, -0.2) is 43.8 Å². The van der Waals surface area contributed by atoms with Crippen LogP contribution in [0.15, 0.2) is 65.2 Å². The number of carbonyl (C=O) groups is 1. The minimum Gasteiger partial charge on any atom is -0.356 e. The molecule has 1 aromatic heterocycles. The molecule has 2 aromatic carbocycles. The van der Waals surface area contributed by atoms with Gasteiger partial charge in [0.1, 0.15) is 38.4 Å². The highest BCUT2D eigenvalue weighted by atomic mass is 35.5. The summed E-state index contributed by atoms with van der Waals surface area (Å²) in [4.78, 5) is 15.1. The van der Waals surface area contributed by atoms with Gasteiger partial charge in [0.2, 0.25) is 0 Å². The first-order valence-corrected chi connectivity index (χ1v) is 10.3. The largest absolute Gasteiger partial charge is 0.356 e. The summed E-state index contributed by atoms with van der Waals surface area (Å²) in [6.45, 7) is 5.21. The number of benzene rings is 2. The molecular weight excluding hydrogens is 388 g/mol. The quantitative estimate of drug-likeness (QED) is 0.564. The van der Waals surface area contributed by atoms with Crippen LogP contribution in [-0.2, 0) is 11.3 Å². The number of quaternary nitrogens is 2. The van der Waals surface area contributed by atoms with Gasteiger partial charge >= 0.3 is 0 Å². The zero-order valence-electron chi connectivity index (χ0n) is 16.2. The maximum absolute atomic E-state index is 12.3. The van der Waals surface area contributed by atoms with Crippen molar-refractivity contribution in [2.45, 2.75) is 6.54 Å². The molecule has 0 atom stereocenters. The summed E-state index contributed by atoms with van der Waals surface area (Å²) in [5, 5.41) is 7.70. The molecule has 0 bridgehead atoms. The molecule has 4 rings (SSSR count). The molecule has 0 saturated carbocycles. The van der Waals surface area contributed by atoms with Crippen LogP contribution < -0.4 is 15.1 Å². The van der Waals surface area contributed by atoms with Crippen LogP contribution in [0, 0.1) is 0 Å². The fourth-order valence-corrected chi connectivity index (χ4v) is 3.87. The standard InChI is InChI=1S/C22H23ClN4O2/c23-19-8-4-5-9-20(19)24-22(28)16-27-12-10-26(11-13-27)15-18-14-21(29-25-18)17-6-2-1-3-7-17/h1-9,14H,10-13,15-16H2,(H,24,28)/p+2. The zero-order valence-corrected chi connectivity index (χ0v) is 16.9. The molecule has 6 nitrogen and oxygen atoms in total. The first-order chi connectivity index (χ1) is 14.2. The van der Waals surface area contributed by atoms with Gasteiger partial charge in [-0.1, -0.05) is 59.2 Å². The number of hydrogen-bond acceptors (Lipinski definition) is 3. The zero-order chi connectivity index (χ0) is 20.1. The van der Waals surface area contributed by atoms with Gasteiger partial charge in [-0.25, -0.2) is 0 Å². The van der Waals surface area contributed by atoms with Crippen LogP contribution in [0.5, 0.6) is 0 Å². The Labute approximate surface area is 175 Å². The Bertz CT molecular complexity index is 952. The molecule has 0 radical (unpaired) electrons. The second kappa shape index (κ2) is 9.22. The highest BCUT2D eigenvalue weighted by molar-refractivity contribution is 6.33. The van der Waals surface area contributed by atoms with Crippen molar-refractivity contribution >= 4 is 23.2 Å². The van der Waals surface area contributed by atoms with E-state index in [1.54, 1.807) is 6.07 Å². The average molecular weight is 413 g/mol. The summed E-state index contributed by atoms with van der Waals surface area (Å²) in [5.41, 5.74) is 2.68. The Balaban J connectivity index is 1.24. The molecule has 1 aliphatic rings. The third-order valence-electron chi connectivity index (χ3n) is 5.27. The molecule has 3 N–H and O–H groups in total. The lowest BCUT2D eigenvalue weighted by molar-refractivity contribution is -1.02. The third-order valence-corrected chi connectivity index (χ3v) is 5.60. The Morgan fingerprint density at radius 3 is 2.45 bits per heavy atom. The van der Waals surface area contributed by atoms with Gasteiger partial charge in [-0.15, -0.1) is 0 Å². The van der Waals surface area contributed by atoms with E-state index in [2.05, 4.69) is 10.5 Å². The molecule has 29 heavy (non-hydrogen) atoms. The highest BCUT2D eigenvalue weighted by Crippen LogP contribution is 2.20. The Kier molecular flexibility index (Phi) is 6.24. The maximum Gasteiger partial charge on any atom is 0.279 e. The molecule has 0 spiro atoms. The molecule has 3 aromatic rings. The number of rotatable bonds is 6. The van der Waals surface area contributed by atoms with E-state index in [-0.39, 0.29) is 5.91 Å². The maximum atomic E-state index is 12.3. The Hall–Kier alpha value is -2.67. The monoisotopic (exact) mass is 412 g/mol. The van der Waals surface area contributed by atoms with Gasteiger partial charge in [0, 0.05) is 11.6 Å². The number of nitrogens with one attached hydrogen (secondary N) is 3. The molecular formula is C22H25ClN4O2+2. The molecule has 7 heteroatoms. The van der Waals surface area contributed by atoms with E-state index in [4.69, 9.17) is 16.1 Å². The van der Waals surface area contributed by atoms with E-state index in [1.807, 2.05) is 54.6 Å². The average Bonchev–Trinajstić information content (AvgIpc) is 3.20. The number of amides is 1. The predicted octanol–water partition coefficient (Wildman–Crippen LogP) is 0.917. The van der Waals surface area contributed by atoms with Crippen molar-refractivity contribution in [3.63, 3.8) is 0 Å². The molecule has 0 aliphatic carbocycles. The molecule has 1 fully saturated rings. The first-order valence-electron chi connectivity index (χ1n) is 9.90. The van der Waals surface area contributed by atoms with Gasteiger partial charge in [-0.2, -0.15) is 0 Å². The van der Waals surface area contributed by atoms with E-state index in [9.17, 15) is 4.79 Å². The summed E-state index contributed by atoms with van der Waals surface area (Å²) in [6.07, 6.45) is 0. The predicted molar refractivity (Wildman–Crippen MR) is 112 cm³/mol. The van der Waals surface area contributed by atoms with Crippen LogP contribution in [0.4, 0.5) is 5.69 Å². The van der Waals surface area contributed by atoms with E-state index in [1.165, 1.54) is 9.80 Å². The number of aromatic nitrogens is 1. The van der Waals surface area contributed by atoms with E-state index in [0.29, 0.717) is 17.3 Å². The topological polar surface area (TPSA) is 64.0 Å². The normalized spacial score (nSPS) is 19.1. The van der Waals surface area contributed by atoms with E-state index in [0.717, 1.165) is 49.7 Å². The number of para-hydroxylation sites is 1. The number of carbonyl (C=O) groups excluding carboxylic acids is 1. The third kappa shape index (κ3) is 5.23. The molecule has 1 aliphatic heterocycles. The number of nitrogens with zero attached hydrogens (tertiary/aromatic N) is 1.